The largest absolute Gasteiger partial charge is 0.504 e. The van der Waals surface area contributed by atoms with E-state index in [0.717, 1.165) is 6.42 Å². The Bertz CT molecular complexity index is 696. The molecular formula is C14H15N3O4. The molecule has 0 bridgehead atoms. The van der Waals surface area contributed by atoms with Gasteiger partial charge in [0.25, 0.3) is 0 Å². The number of aromatic nitrogens is 3. The van der Waals surface area contributed by atoms with E-state index < -0.39 is 11.9 Å². The number of nitrogens with zero attached hydrogens (tertiary/aromatic N) is 3. The molecule has 0 saturated carbocycles. The lowest BCUT2D eigenvalue weighted by molar-refractivity contribution is -0.139. The zero-order valence-electron chi connectivity index (χ0n) is 11.5. The molecule has 1 unspecified atom stereocenters. The van der Waals surface area contributed by atoms with E-state index in [2.05, 4.69) is 10.1 Å². The number of ether oxygens (including phenoxy) is 1. The molecule has 0 fully saturated rings. The lowest BCUT2D eigenvalue weighted by Crippen LogP contribution is -2.22. The van der Waals surface area contributed by atoms with Gasteiger partial charge in [0, 0.05) is 12.1 Å². The fourth-order valence-electron chi connectivity index (χ4n) is 2.52. The molecule has 0 amide bonds. The minimum atomic E-state index is -0.877. The maximum Gasteiger partial charge on any atom is 0.314 e. The van der Waals surface area contributed by atoms with Crippen LogP contribution in [0, 0.1) is 0 Å². The van der Waals surface area contributed by atoms with E-state index in [9.17, 15) is 15.0 Å². The van der Waals surface area contributed by atoms with Gasteiger partial charge in [-0.05, 0) is 31.0 Å². The number of aliphatic carboxylic acids is 1. The lowest BCUT2D eigenvalue weighted by atomic mass is 10.00. The molecule has 2 aromatic rings. The number of aromatic hydroxyl groups is 1. The van der Waals surface area contributed by atoms with Crippen molar-refractivity contribution in [3.05, 3.63) is 24.0 Å². The second-order valence-corrected chi connectivity index (χ2v) is 4.94. The number of hydrogen-bond acceptors (Lipinski definition) is 5. The van der Waals surface area contributed by atoms with E-state index in [0.29, 0.717) is 35.9 Å². The van der Waals surface area contributed by atoms with Gasteiger partial charge in [0.05, 0.1) is 7.11 Å². The van der Waals surface area contributed by atoms with Gasteiger partial charge in [-0.3, -0.25) is 4.79 Å². The van der Waals surface area contributed by atoms with Gasteiger partial charge in [0.2, 0.25) is 0 Å². The SMILES string of the molecule is COc1cc(-c2nc3n(n2)CCCC3C(=O)O)ccc1O. The van der Waals surface area contributed by atoms with Crippen LogP contribution in [0.3, 0.4) is 0 Å². The number of benzene rings is 1. The third-order valence-corrected chi connectivity index (χ3v) is 3.61. The zero-order valence-corrected chi connectivity index (χ0v) is 11.5. The van der Waals surface area contributed by atoms with Crippen molar-refractivity contribution in [2.24, 2.45) is 0 Å². The second-order valence-electron chi connectivity index (χ2n) is 4.94. The topological polar surface area (TPSA) is 97.5 Å². The predicted octanol–water partition coefficient (Wildman–Crippen LogP) is 1.62. The maximum atomic E-state index is 11.3. The van der Waals surface area contributed by atoms with Gasteiger partial charge >= 0.3 is 5.97 Å². The number of fused-ring (bicyclic) bond motifs is 1. The molecule has 3 rings (SSSR count). The Morgan fingerprint density at radius 1 is 1.48 bits per heavy atom. The summed E-state index contributed by atoms with van der Waals surface area (Å²) in [6.07, 6.45) is 1.35. The lowest BCUT2D eigenvalue weighted by Gasteiger charge is -2.17. The van der Waals surface area contributed by atoms with Crippen molar-refractivity contribution in [1.29, 1.82) is 0 Å². The number of phenols is 1. The first-order chi connectivity index (χ1) is 10.1. The molecule has 7 heteroatoms. The van der Waals surface area contributed by atoms with Gasteiger partial charge in [-0.15, -0.1) is 0 Å². The summed E-state index contributed by atoms with van der Waals surface area (Å²) in [5.74, 6) is -0.201. The Kier molecular flexibility index (Phi) is 3.25. The normalized spacial score (nSPS) is 17.3. The van der Waals surface area contributed by atoms with Crippen LogP contribution in [0.25, 0.3) is 11.4 Å². The molecule has 110 valence electrons. The number of hydrogen-bond donors (Lipinski definition) is 2. The molecule has 2 heterocycles. The minimum absolute atomic E-state index is 0.0358. The number of carbonyl (C=O) groups is 1. The second kappa shape index (κ2) is 5.08. The van der Waals surface area contributed by atoms with Gasteiger partial charge in [0.15, 0.2) is 17.3 Å². The van der Waals surface area contributed by atoms with Crippen LogP contribution >= 0.6 is 0 Å². The molecule has 1 aromatic carbocycles. The Labute approximate surface area is 120 Å². The Morgan fingerprint density at radius 3 is 3.00 bits per heavy atom. The van der Waals surface area contributed by atoms with E-state index >= 15 is 0 Å². The number of phenolic OH excluding ortho intramolecular Hbond substituents is 1. The third-order valence-electron chi connectivity index (χ3n) is 3.61. The Morgan fingerprint density at radius 2 is 2.29 bits per heavy atom. The molecule has 1 aromatic heterocycles. The van der Waals surface area contributed by atoms with Crippen molar-refractivity contribution in [3.63, 3.8) is 0 Å². The van der Waals surface area contributed by atoms with Gasteiger partial charge in [-0.2, -0.15) is 5.10 Å². The molecule has 1 atom stereocenters. The highest BCUT2D eigenvalue weighted by Gasteiger charge is 2.30. The molecule has 0 saturated heterocycles. The summed E-state index contributed by atoms with van der Waals surface area (Å²) in [5.41, 5.74) is 0.677. The van der Waals surface area contributed by atoms with Crippen molar-refractivity contribution >= 4 is 5.97 Å². The molecule has 7 nitrogen and oxygen atoms in total. The van der Waals surface area contributed by atoms with E-state index in [-0.39, 0.29) is 5.75 Å². The zero-order chi connectivity index (χ0) is 15.0. The third kappa shape index (κ3) is 2.31. The van der Waals surface area contributed by atoms with E-state index in [1.807, 2.05) is 0 Å². The molecule has 0 aliphatic carbocycles. The number of carboxylic acids is 1. The summed E-state index contributed by atoms with van der Waals surface area (Å²) in [7, 11) is 1.46. The summed E-state index contributed by atoms with van der Waals surface area (Å²) in [6, 6.07) is 4.81. The summed E-state index contributed by atoms with van der Waals surface area (Å²) >= 11 is 0. The first-order valence-corrected chi connectivity index (χ1v) is 6.65. The van der Waals surface area contributed by atoms with Crippen LogP contribution in [0.1, 0.15) is 24.6 Å². The van der Waals surface area contributed by atoms with Crippen LogP contribution in [0.5, 0.6) is 11.5 Å². The predicted molar refractivity (Wildman–Crippen MR) is 73.3 cm³/mol. The number of rotatable bonds is 3. The van der Waals surface area contributed by atoms with Crippen LogP contribution in [-0.4, -0.2) is 38.1 Å². The number of carboxylic acid groups (broad SMARTS) is 1. The smallest absolute Gasteiger partial charge is 0.314 e. The average Bonchev–Trinajstić information content (AvgIpc) is 2.91. The standard InChI is InChI=1S/C14H15N3O4/c1-21-11-7-8(4-5-10(11)18)12-15-13-9(14(19)20)3-2-6-17(13)16-12/h4-5,7,9,18H,2-3,6H2,1H3,(H,19,20). The Balaban J connectivity index is 2.03. The van der Waals surface area contributed by atoms with Crippen molar-refractivity contribution in [2.45, 2.75) is 25.3 Å². The van der Waals surface area contributed by atoms with Crippen LogP contribution in [-0.2, 0) is 11.3 Å². The Hall–Kier alpha value is -2.57. The average molecular weight is 289 g/mol. The molecular weight excluding hydrogens is 274 g/mol. The van der Waals surface area contributed by atoms with Crippen molar-refractivity contribution in [1.82, 2.24) is 14.8 Å². The molecule has 2 N–H and O–H groups in total. The van der Waals surface area contributed by atoms with E-state index in [1.165, 1.54) is 13.2 Å². The van der Waals surface area contributed by atoms with Crippen molar-refractivity contribution in [2.75, 3.05) is 7.11 Å². The van der Waals surface area contributed by atoms with E-state index in [1.54, 1.807) is 16.8 Å². The van der Waals surface area contributed by atoms with Crippen LogP contribution in [0.4, 0.5) is 0 Å². The summed E-state index contributed by atoms with van der Waals surface area (Å²) < 4.78 is 6.71. The molecule has 21 heavy (non-hydrogen) atoms. The molecule has 0 radical (unpaired) electrons. The van der Waals surface area contributed by atoms with Crippen LogP contribution in [0.2, 0.25) is 0 Å². The molecule has 1 aliphatic heterocycles. The fraction of sp³-hybridized carbons (Fsp3) is 0.357. The highest BCUT2D eigenvalue weighted by molar-refractivity contribution is 5.75. The summed E-state index contributed by atoms with van der Waals surface area (Å²) in [4.78, 5) is 15.6. The highest BCUT2D eigenvalue weighted by Crippen LogP contribution is 2.32. The van der Waals surface area contributed by atoms with Gasteiger partial charge < -0.3 is 14.9 Å². The minimum Gasteiger partial charge on any atom is -0.504 e. The van der Waals surface area contributed by atoms with Crippen molar-refractivity contribution in [3.8, 4) is 22.9 Å². The van der Waals surface area contributed by atoms with Crippen LogP contribution < -0.4 is 4.74 Å². The first kappa shape index (κ1) is 13.4. The summed E-state index contributed by atoms with van der Waals surface area (Å²) in [5, 5.41) is 23.2. The number of methoxy groups -OCH3 is 1. The summed E-state index contributed by atoms with van der Waals surface area (Å²) in [6.45, 7) is 0.668. The first-order valence-electron chi connectivity index (χ1n) is 6.65. The number of aryl methyl sites for hydroxylation is 1. The van der Waals surface area contributed by atoms with Crippen molar-refractivity contribution < 1.29 is 19.7 Å². The van der Waals surface area contributed by atoms with Gasteiger partial charge in [-0.1, -0.05) is 0 Å². The van der Waals surface area contributed by atoms with Crippen LogP contribution in [0.15, 0.2) is 18.2 Å². The van der Waals surface area contributed by atoms with Gasteiger partial charge in [-0.25, -0.2) is 9.67 Å². The highest BCUT2D eigenvalue weighted by atomic mass is 16.5. The maximum absolute atomic E-state index is 11.3. The fourth-order valence-corrected chi connectivity index (χ4v) is 2.52. The molecule has 1 aliphatic rings. The quantitative estimate of drug-likeness (QED) is 0.891. The monoisotopic (exact) mass is 289 g/mol. The van der Waals surface area contributed by atoms with Gasteiger partial charge in [0.1, 0.15) is 11.7 Å². The molecule has 0 spiro atoms. The van der Waals surface area contributed by atoms with E-state index in [4.69, 9.17) is 4.74 Å².